The molecule has 1 aliphatic rings. The zero-order valence-corrected chi connectivity index (χ0v) is 6.07. The first-order valence-corrected chi connectivity index (χ1v) is 3.40. The summed E-state index contributed by atoms with van der Waals surface area (Å²) < 4.78 is 0. The van der Waals surface area contributed by atoms with E-state index in [4.69, 9.17) is 0 Å². The Morgan fingerprint density at radius 2 is 1.56 bits per heavy atom. The molecule has 0 bridgehead atoms. The van der Waals surface area contributed by atoms with Gasteiger partial charge in [0.25, 0.3) is 0 Å². The molecule has 50 valence electrons. The second kappa shape index (κ2) is 2.83. The summed E-state index contributed by atoms with van der Waals surface area (Å²) in [5, 5.41) is 3.29. The molecule has 1 heteroatoms. The van der Waals surface area contributed by atoms with E-state index < -0.39 is 0 Å². The Kier molecular flexibility index (Phi) is 2.06. The highest BCUT2D eigenvalue weighted by Gasteiger charge is 2.08. The molecule has 1 fully saturated rings. The van der Waals surface area contributed by atoms with E-state index in [0.29, 0.717) is 0 Å². The van der Waals surface area contributed by atoms with E-state index in [1.807, 2.05) is 0 Å². The molecule has 1 aliphatic heterocycles. The molecule has 0 aromatic heterocycles. The zero-order valence-electron chi connectivity index (χ0n) is 6.07. The Hall–Kier alpha value is -0.560. The standard InChI is InChI=1S/C8H13N/c1-3-7-5-9-6-8(7)4-2/h3-4,9H,5-6H2,1-2H3/b7-3-,8-4-. The van der Waals surface area contributed by atoms with E-state index in [2.05, 4.69) is 31.3 Å². The predicted octanol–water partition coefficient (Wildman–Crippen LogP) is 1.48. The van der Waals surface area contributed by atoms with Gasteiger partial charge in [0.1, 0.15) is 0 Å². The van der Waals surface area contributed by atoms with Crippen molar-refractivity contribution in [3.05, 3.63) is 23.3 Å². The lowest BCUT2D eigenvalue weighted by Gasteiger charge is -1.93. The largest absolute Gasteiger partial charge is 0.309 e. The van der Waals surface area contributed by atoms with Gasteiger partial charge in [-0.05, 0) is 25.0 Å². The maximum Gasteiger partial charge on any atom is 0.0208 e. The molecule has 0 unspecified atom stereocenters. The van der Waals surface area contributed by atoms with Gasteiger partial charge in [0.15, 0.2) is 0 Å². The molecule has 1 rings (SSSR count). The summed E-state index contributed by atoms with van der Waals surface area (Å²) in [4.78, 5) is 0. The third-order valence-corrected chi connectivity index (χ3v) is 1.74. The monoisotopic (exact) mass is 123 g/mol. The lowest BCUT2D eigenvalue weighted by molar-refractivity contribution is 0.894. The Labute approximate surface area is 56.5 Å². The van der Waals surface area contributed by atoms with Crippen molar-refractivity contribution >= 4 is 0 Å². The van der Waals surface area contributed by atoms with Crippen LogP contribution >= 0.6 is 0 Å². The van der Waals surface area contributed by atoms with Crippen LogP contribution in [0.5, 0.6) is 0 Å². The minimum absolute atomic E-state index is 1.05. The number of allylic oxidation sites excluding steroid dienone is 2. The molecule has 0 atom stereocenters. The first kappa shape index (κ1) is 6.56. The molecular formula is C8H13N. The molecule has 0 aliphatic carbocycles. The van der Waals surface area contributed by atoms with Crippen molar-refractivity contribution in [2.24, 2.45) is 0 Å². The van der Waals surface area contributed by atoms with Crippen molar-refractivity contribution < 1.29 is 0 Å². The summed E-state index contributed by atoms with van der Waals surface area (Å²) in [5.41, 5.74) is 2.91. The molecule has 0 radical (unpaired) electrons. The van der Waals surface area contributed by atoms with Crippen LogP contribution in [0, 0.1) is 0 Å². The average Bonchev–Trinajstić information content (AvgIpc) is 2.33. The van der Waals surface area contributed by atoms with Crippen molar-refractivity contribution in [3.63, 3.8) is 0 Å². The van der Waals surface area contributed by atoms with Gasteiger partial charge in [-0.1, -0.05) is 12.2 Å². The fraction of sp³-hybridized carbons (Fsp3) is 0.500. The van der Waals surface area contributed by atoms with Crippen molar-refractivity contribution in [2.75, 3.05) is 13.1 Å². The highest BCUT2D eigenvalue weighted by molar-refractivity contribution is 5.36. The van der Waals surface area contributed by atoms with E-state index in [9.17, 15) is 0 Å². The van der Waals surface area contributed by atoms with E-state index in [-0.39, 0.29) is 0 Å². The van der Waals surface area contributed by atoms with E-state index >= 15 is 0 Å². The zero-order chi connectivity index (χ0) is 6.69. The van der Waals surface area contributed by atoms with Crippen molar-refractivity contribution in [1.82, 2.24) is 5.32 Å². The Morgan fingerprint density at radius 3 is 1.89 bits per heavy atom. The molecule has 1 heterocycles. The highest BCUT2D eigenvalue weighted by atomic mass is 14.9. The second-order valence-electron chi connectivity index (χ2n) is 2.23. The van der Waals surface area contributed by atoms with Gasteiger partial charge < -0.3 is 5.32 Å². The molecule has 0 saturated carbocycles. The van der Waals surface area contributed by atoms with E-state index in [1.54, 1.807) is 0 Å². The van der Waals surface area contributed by atoms with Gasteiger partial charge in [-0.3, -0.25) is 0 Å². The number of hydrogen-bond acceptors (Lipinski definition) is 1. The van der Waals surface area contributed by atoms with E-state index in [0.717, 1.165) is 13.1 Å². The van der Waals surface area contributed by atoms with Crippen LogP contribution in [0.2, 0.25) is 0 Å². The van der Waals surface area contributed by atoms with Crippen LogP contribution < -0.4 is 5.32 Å². The van der Waals surface area contributed by atoms with Crippen LogP contribution in [-0.2, 0) is 0 Å². The van der Waals surface area contributed by atoms with Crippen LogP contribution in [0.1, 0.15) is 13.8 Å². The number of nitrogens with one attached hydrogen (secondary N) is 1. The fourth-order valence-corrected chi connectivity index (χ4v) is 1.13. The number of hydrogen-bond donors (Lipinski definition) is 1. The minimum Gasteiger partial charge on any atom is -0.309 e. The topological polar surface area (TPSA) is 12.0 Å². The summed E-state index contributed by atoms with van der Waals surface area (Å²) in [6.07, 6.45) is 4.35. The van der Waals surface area contributed by atoms with Gasteiger partial charge >= 0.3 is 0 Å². The quantitative estimate of drug-likeness (QED) is 0.514. The van der Waals surface area contributed by atoms with Crippen molar-refractivity contribution in [3.8, 4) is 0 Å². The molecule has 9 heavy (non-hydrogen) atoms. The molecule has 1 N–H and O–H groups in total. The van der Waals surface area contributed by atoms with Gasteiger partial charge in [-0.25, -0.2) is 0 Å². The third-order valence-electron chi connectivity index (χ3n) is 1.74. The summed E-state index contributed by atoms with van der Waals surface area (Å²) >= 11 is 0. The summed E-state index contributed by atoms with van der Waals surface area (Å²) in [7, 11) is 0. The molecule has 1 saturated heterocycles. The van der Waals surface area contributed by atoms with Crippen LogP contribution in [0.25, 0.3) is 0 Å². The molecular weight excluding hydrogens is 110 g/mol. The summed E-state index contributed by atoms with van der Waals surface area (Å²) in [6.45, 7) is 6.28. The van der Waals surface area contributed by atoms with E-state index in [1.165, 1.54) is 11.1 Å². The van der Waals surface area contributed by atoms with Gasteiger partial charge in [0.05, 0.1) is 0 Å². The molecule has 0 aromatic rings. The SMILES string of the molecule is C/C=C1/CNC/C1=C/C. The van der Waals surface area contributed by atoms with Crippen LogP contribution in [0.3, 0.4) is 0 Å². The molecule has 0 aromatic carbocycles. The Balaban J connectivity index is 2.75. The lowest BCUT2D eigenvalue weighted by atomic mass is 10.1. The number of rotatable bonds is 0. The van der Waals surface area contributed by atoms with Crippen LogP contribution in [0.15, 0.2) is 23.3 Å². The highest BCUT2D eigenvalue weighted by Crippen LogP contribution is 2.12. The van der Waals surface area contributed by atoms with Gasteiger partial charge in [-0.2, -0.15) is 0 Å². The minimum atomic E-state index is 1.05. The van der Waals surface area contributed by atoms with Gasteiger partial charge in [-0.15, -0.1) is 0 Å². The van der Waals surface area contributed by atoms with Crippen molar-refractivity contribution in [1.29, 1.82) is 0 Å². The lowest BCUT2D eigenvalue weighted by Crippen LogP contribution is -2.04. The predicted molar refractivity (Wildman–Crippen MR) is 40.4 cm³/mol. The Morgan fingerprint density at radius 1 is 1.11 bits per heavy atom. The normalized spacial score (nSPS) is 28.2. The van der Waals surface area contributed by atoms with Crippen LogP contribution in [0.4, 0.5) is 0 Å². The second-order valence-corrected chi connectivity index (χ2v) is 2.23. The van der Waals surface area contributed by atoms with Crippen molar-refractivity contribution in [2.45, 2.75) is 13.8 Å². The summed E-state index contributed by atoms with van der Waals surface area (Å²) in [6, 6.07) is 0. The first-order valence-electron chi connectivity index (χ1n) is 3.40. The average molecular weight is 123 g/mol. The maximum atomic E-state index is 3.29. The van der Waals surface area contributed by atoms with Gasteiger partial charge in [0.2, 0.25) is 0 Å². The van der Waals surface area contributed by atoms with Gasteiger partial charge in [0, 0.05) is 13.1 Å². The fourth-order valence-electron chi connectivity index (χ4n) is 1.13. The third kappa shape index (κ3) is 1.22. The van der Waals surface area contributed by atoms with Crippen LogP contribution in [-0.4, -0.2) is 13.1 Å². The maximum absolute atomic E-state index is 3.29. The Bertz CT molecular complexity index is 136. The molecule has 1 nitrogen and oxygen atoms in total. The molecule has 0 spiro atoms. The smallest absolute Gasteiger partial charge is 0.0208 e. The first-order chi connectivity index (χ1) is 4.38. The summed E-state index contributed by atoms with van der Waals surface area (Å²) in [5.74, 6) is 0. The molecule has 0 amide bonds.